The molecule has 0 atom stereocenters. The summed E-state index contributed by atoms with van der Waals surface area (Å²) in [7, 11) is 4.50. The highest BCUT2D eigenvalue weighted by atomic mass is 15.4. The molecule has 0 aromatic rings. The fourth-order valence-electron chi connectivity index (χ4n) is 2.32. The lowest BCUT2D eigenvalue weighted by atomic mass is 10.1. The standard InChI is InChI=1S/C12H26N2/c1-4-5-6-7-8-9-12-13(2)10-11-14(12)3/h12H,4-11H2,1-3H3. The van der Waals surface area contributed by atoms with Gasteiger partial charge in [-0.3, -0.25) is 9.80 Å². The predicted molar refractivity (Wildman–Crippen MR) is 62.4 cm³/mol. The van der Waals surface area contributed by atoms with Gasteiger partial charge in [-0.25, -0.2) is 0 Å². The highest BCUT2D eigenvalue weighted by Crippen LogP contribution is 2.17. The molecule has 0 radical (unpaired) electrons. The Kier molecular flexibility index (Phi) is 5.49. The van der Waals surface area contributed by atoms with Gasteiger partial charge < -0.3 is 0 Å². The van der Waals surface area contributed by atoms with Crippen molar-refractivity contribution >= 4 is 0 Å². The van der Waals surface area contributed by atoms with E-state index in [0.717, 1.165) is 6.17 Å². The Hall–Kier alpha value is -0.0800. The van der Waals surface area contributed by atoms with Crippen LogP contribution in [0.5, 0.6) is 0 Å². The fraction of sp³-hybridized carbons (Fsp3) is 1.00. The Bertz CT molecular complexity index is 137. The number of hydrogen-bond donors (Lipinski definition) is 0. The monoisotopic (exact) mass is 198 g/mol. The first-order valence-corrected chi connectivity index (χ1v) is 6.16. The summed E-state index contributed by atoms with van der Waals surface area (Å²) >= 11 is 0. The molecule has 2 nitrogen and oxygen atoms in total. The van der Waals surface area contributed by atoms with Crippen LogP contribution in [0.2, 0.25) is 0 Å². The first-order chi connectivity index (χ1) is 6.75. The van der Waals surface area contributed by atoms with Crippen molar-refractivity contribution in [1.29, 1.82) is 0 Å². The van der Waals surface area contributed by atoms with Gasteiger partial charge in [0.15, 0.2) is 0 Å². The maximum absolute atomic E-state index is 2.49. The number of rotatable bonds is 6. The first kappa shape index (κ1) is 12.0. The third-order valence-electron chi connectivity index (χ3n) is 3.39. The Balaban J connectivity index is 2.05. The lowest BCUT2D eigenvalue weighted by molar-refractivity contribution is 0.171. The molecule has 1 heterocycles. The zero-order valence-corrected chi connectivity index (χ0v) is 10.1. The van der Waals surface area contributed by atoms with E-state index in [-0.39, 0.29) is 0 Å². The van der Waals surface area contributed by atoms with Crippen molar-refractivity contribution in [3.63, 3.8) is 0 Å². The Morgan fingerprint density at radius 1 is 0.929 bits per heavy atom. The molecule has 1 fully saturated rings. The lowest BCUT2D eigenvalue weighted by Crippen LogP contribution is -2.34. The molecule has 0 spiro atoms. The van der Waals surface area contributed by atoms with Gasteiger partial charge in [0.05, 0.1) is 6.17 Å². The fourth-order valence-corrected chi connectivity index (χ4v) is 2.32. The summed E-state index contributed by atoms with van der Waals surface area (Å²) in [6.45, 7) is 4.77. The van der Waals surface area contributed by atoms with Gasteiger partial charge in [-0.1, -0.05) is 39.0 Å². The van der Waals surface area contributed by atoms with Crippen molar-refractivity contribution in [1.82, 2.24) is 9.80 Å². The topological polar surface area (TPSA) is 6.48 Å². The number of unbranched alkanes of at least 4 members (excludes halogenated alkanes) is 4. The van der Waals surface area contributed by atoms with Gasteiger partial charge in [-0.2, -0.15) is 0 Å². The summed E-state index contributed by atoms with van der Waals surface area (Å²) in [5.74, 6) is 0. The second-order valence-electron chi connectivity index (χ2n) is 4.64. The zero-order chi connectivity index (χ0) is 10.4. The van der Waals surface area contributed by atoms with E-state index >= 15 is 0 Å². The highest BCUT2D eigenvalue weighted by Gasteiger charge is 2.24. The van der Waals surface area contributed by atoms with Gasteiger partial charge in [0, 0.05) is 13.1 Å². The molecule has 2 heteroatoms. The zero-order valence-electron chi connectivity index (χ0n) is 10.1. The Labute approximate surface area is 89.3 Å². The molecule has 1 saturated heterocycles. The molecule has 84 valence electrons. The van der Waals surface area contributed by atoms with E-state index in [1.54, 1.807) is 0 Å². The van der Waals surface area contributed by atoms with E-state index in [0.29, 0.717) is 0 Å². The largest absolute Gasteiger partial charge is 0.290 e. The van der Waals surface area contributed by atoms with E-state index in [1.165, 1.54) is 51.6 Å². The molecule has 1 aliphatic rings. The maximum atomic E-state index is 2.49. The van der Waals surface area contributed by atoms with Crippen LogP contribution in [0.1, 0.15) is 45.4 Å². The molecule has 0 amide bonds. The molecule has 1 aliphatic heterocycles. The minimum atomic E-state index is 0.719. The van der Waals surface area contributed by atoms with E-state index in [1.807, 2.05) is 0 Å². The SMILES string of the molecule is CCCCCCCC1N(C)CCN1C. The molecule has 0 aromatic carbocycles. The summed E-state index contributed by atoms with van der Waals surface area (Å²) < 4.78 is 0. The number of likely N-dealkylation sites (N-methyl/N-ethyl adjacent to an activating group) is 2. The average Bonchev–Trinajstić information content (AvgIpc) is 2.48. The van der Waals surface area contributed by atoms with Crippen molar-refractivity contribution in [3.8, 4) is 0 Å². The molecular weight excluding hydrogens is 172 g/mol. The normalized spacial score (nSPS) is 20.8. The predicted octanol–water partition coefficient (Wildman–Crippen LogP) is 2.55. The lowest BCUT2D eigenvalue weighted by Gasteiger charge is -2.24. The van der Waals surface area contributed by atoms with E-state index in [2.05, 4.69) is 30.8 Å². The molecule has 0 bridgehead atoms. The smallest absolute Gasteiger partial charge is 0.0618 e. The van der Waals surface area contributed by atoms with Crippen molar-refractivity contribution in [2.75, 3.05) is 27.2 Å². The Morgan fingerprint density at radius 3 is 2.07 bits per heavy atom. The summed E-state index contributed by atoms with van der Waals surface area (Å²) in [6.07, 6.45) is 9.09. The van der Waals surface area contributed by atoms with Crippen molar-refractivity contribution in [2.45, 2.75) is 51.6 Å². The maximum Gasteiger partial charge on any atom is 0.0618 e. The average molecular weight is 198 g/mol. The molecule has 0 aliphatic carbocycles. The van der Waals surface area contributed by atoms with Crippen LogP contribution in [0.15, 0.2) is 0 Å². The van der Waals surface area contributed by atoms with E-state index < -0.39 is 0 Å². The van der Waals surface area contributed by atoms with Crippen LogP contribution in [0, 0.1) is 0 Å². The minimum absolute atomic E-state index is 0.719. The van der Waals surface area contributed by atoms with Gasteiger partial charge in [0.2, 0.25) is 0 Å². The van der Waals surface area contributed by atoms with Crippen molar-refractivity contribution in [3.05, 3.63) is 0 Å². The molecule has 0 aromatic heterocycles. The first-order valence-electron chi connectivity index (χ1n) is 6.16. The molecule has 0 unspecified atom stereocenters. The van der Waals surface area contributed by atoms with Crippen molar-refractivity contribution in [2.24, 2.45) is 0 Å². The van der Waals surface area contributed by atoms with Gasteiger partial charge in [0.1, 0.15) is 0 Å². The quantitative estimate of drug-likeness (QED) is 0.605. The second kappa shape index (κ2) is 6.41. The van der Waals surface area contributed by atoms with Crippen LogP contribution < -0.4 is 0 Å². The molecule has 14 heavy (non-hydrogen) atoms. The van der Waals surface area contributed by atoms with Crippen LogP contribution in [0.4, 0.5) is 0 Å². The Morgan fingerprint density at radius 2 is 1.50 bits per heavy atom. The summed E-state index contributed by atoms with van der Waals surface area (Å²) in [4.78, 5) is 4.97. The van der Waals surface area contributed by atoms with Crippen LogP contribution in [0.25, 0.3) is 0 Å². The number of hydrogen-bond acceptors (Lipinski definition) is 2. The van der Waals surface area contributed by atoms with Gasteiger partial charge in [-0.05, 0) is 20.5 Å². The van der Waals surface area contributed by atoms with Gasteiger partial charge in [-0.15, -0.1) is 0 Å². The summed E-state index contributed by atoms with van der Waals surface area (Å²) in [5.41, 5.74) is 0. The van der Waals surface area contributed by atoms with Crippen molar-refractivity contribution < 1.29 is 0 Å². The highest BCUT2D eigenvalue weighted by molar-refractivity contribution is 4.76. The van der Waals surface area contributed by atoms with Crippen LogP contribution in [-0.4, -0.2) is 43.2 Å². The third kappa shape index (κ3) is 3.58. The third-order valence-corrected chi connectivity index (χ3v) is 3.39. The second-order valence-corrected chi connectivity index (χ2v) is 4.64. The van der Waals surface area contributed by atoms with Gasteiger partial charge in [0.25, 0.3) is 0 Å². The molecule has 1 rings (SSSR count). The van der Waals surface area contributed by atoms with E-state index in [9.17, 15) is 0 Å². The minimum Gasteiger partial charge on any atom is -0.290 e. The summed E-state index contributed by atoms with van der Waals surface area (Å²) in [6, 6.07) is 0. The van der Waals surface area contributed by atoms with Crippen LogP contribution >= 0.6 is 0 Å². The summed E-state index contributed by atoms with van der Waals surface area (Å²) in [5, 5.41) is 0. The molecule has 0 N–H and O–H groups in total. The van der Waals surface area contributed by atoms with Gasteiger partial charge >= 0.3 is 0 Å². The number of nitrogens with zero attached hydrogens (tertiary/aromatic N) is 2. The van der Waals surface area contributed by atoms with E-state index in [4.69, 9.17) is 0 Å². The van der Waals surface area contributed by atoms with Crippen LogP contribution in [-0.2, 0) is 0 Å². The van der Waals surface area contributed by atoms with Crippen LogP contribution in [0.3, 0.4) is 0 Å². The molecule has 0 saturated carbocycles. The molecular formula is C12H26N2.